The Morgan fingerprint density at radius 1 is 0.912 bits per heavy atom. The summed E-state index contributed by atoms with van der Waals surface area (Å²) in [5, 5.41) is 13.9. The predicted octanol–water partition coefficient (Wildman–Crippen LogP) is 5.32. The van der Waals surface area contributed by atoms with E-state index in [1.165, 1.54) is 63.4 Å². The minimum absolute atomic E-state index is 0.218. The largest absolute Gasteiger partial charge is 0.374 e. The van der Waals surface area contributed by atoms with E-state index in [0.29, 0.717) is 13.2 Å². The number of hydrogen-bond acceptors (Lipinski definition) is 6. The van der Waals surface area contributed by atoms with Gasteiger partial charge < -0.3 is 29.4 Å². The van der Waals surface area contributed by atoms with E-state index in [0.717, 1.165) is 13.0 Å². The van der Waals surface area contributed by atoms with E-state index in [1.807, 2.05) is 32.0 Å². The molecule has 0 aliphatic carbocycles. The second-order valence-electron chi connectivity index (χ2n) is 10.3. The number of rotatable bonds is 17. The molecule has 0 radical (unpaired) electrons. The number of nitrogens with one attached hydrogen (secondary N) is 1. The van der Waals surface area contributed by atoms with Gasteiger partial charge in [0.2, 0.25) is 0 Å². The number of aliphatic hydroxyl groups excluding tert-OH is 1. The summed E-state index contributed by atoms with van der Waals surface area (Å²) < 4.78 is 24.2. The van der Waals surface area contributed by atoms with Crippen molar-refractivity contribution in [3.8, 4) is 0 Å². The van der Waals surface area contributed by atoms with Gasteiger partial charge in [0, 0.05) is 19.7 Å². The third kappa shape index (κ3) is 8.89. The molecule has 6 heteroatoms. The number of hydrogen-bond donors (Lipinski definition) is 2. The molecule has 0 amide bonds. The number of aliphatic hydroxyl groups is 1. The van der Waals surface area contributed by atoms with Gasteiger partial charge in [-0.05, 0) is 25.8 Å². The van der Waals surface area contributed by atoms with E-state index in [2.05, 4.69) is 24.4 Å². The van der Waals surface area contributed by atoms with Gasteiger partial charge in [0.15, 0.2) is 12.1 Å². The monoisotopic (exact) mass is 477 g/mol. The van der Waals surface area contributed by atoms with Crippen molar-refractivity contribution in [2.75, 3.05) is 13.2 Å². The molecule has 2 saturated heterocycles. The lowest BCUT2D eigenvalue weighted by molar-refractivity contribution is -0.233. The highest BCUT2D eigenvalue weighted by molar-refractivity contribution is 5.14. The molecule has 1 aromatic rings. The van der Waals surface area contributed by atoms with Gasteiger partial charge in [-0.2, -0.15) is 0 Å². The molecule has 2 aliphatic rings. The zero-order chi connectivity index (χ0) is 24.2. The van der Waals surface area contributed by atoms with Gasteiger partial charge in [0.05, 0.1) is 6.10 Å². The Balaban J connectivity index is 1.41. The van der Waals surface area contributed by atoms with Crippen LogP contribution in [0.3, 0.4) is 0 Å². The van der Waals surface area contributed by atoms with Crippen LogP contribution < -0.4 is 5.32 Å². The highest BCUT2D eigenvalue weighted by Crippen LogP contribution is 2.39. The van der Waals surface area contributed by atoms with Gasteiger partial charge >= 0.3 is 0 Å². The van der Waals surface area contributed by atoms with E-state index >= 15 is 0 Å². The van der Waals surface area contributed by atoms with E-state index in [4.69, 9.17) is 18.9 Å². The first-order chi connectivity index (χ1) is 16.5. The number of benzene rings is 1. The lowest BCUT2D eigenvalue weighted by atomic mass is 10.1. The number of ether oxygens (including phenoxy) is 4. The van der Waals surface area contributed by atoms with Gasteiger partial charge in [-0.15, -0.1) is 0 Å². The molecule has 2 N–H and O–H groups in total. The van der Waals surface area contributed by atoms with Crippen molar-refractivity contribution in [3.63, 3.8) is 0 Å². The molecular weight excluding hydrogens is 430 g/mol. The fourth-order valence-electron chi connectivity index (χ4n) is 4.96. The third-order valence-corrected chi connectivity index (χ3v) is 6.78. The van der Waals surface area contributed by atoms with E-state index in [1.54, 1.807) is 0 Å². The summed E-state index contributed by atoms with van der Waals surface area (Å²) in [6, 6.07) is 10.3. The summed E-state index contributed by atoms with van der Waals surface area (Å²) >= 11 is 0. The zero-order valence-electron chi connectivity index (χ0n) is 21.5. The Labute approximate surface area is 206 Å². The van der Waals surface area contributed by atoms with Crippen molar-refractivity contribution in [2.24, 2.45) is 0 Å². The van der Waals surface area contributed by atoms with Crippen LogP contribution >= 0.6 is 0 Å². The molecule has 0 spiro atoms. The molecule has 6 nitrogen and oxygen atoms in total. The zero-order valence-corrected chi connectivity index (χ0v) is 21.5. The van der Waals surface area contributed by atoms with Crippen LogP contribution in [-0.2, 0) is 25.5 Å². The Bertz CT molecular complexity index is 670. The predicted molar refractivity (Wildman–Crippen MR) is 134 cm³/mol. The molecule has 194 valence electrons. The van der Waals surface area contributed by atoms with Crippen LogP contribution in [0.2, 0.25) is 0 Å². The van der Waals surface area contributed by atoms with Gasteiger partial charge in [-0.3, -0.25) is 0 Å². The second-order valence-corrected chi connectivity index (χ2v) is 10.3. The molecule has 3 rings (SSSR count). The van der Waals surface area contributed by atoms with Crippen LogP contribution in [0.1, 0.15) is 90.5 Å². The van der Waals surface area contributed by atoms with E-state index in [9.17, 15) is 5.11 Å². The van der Waals surface area contributed by atoms with Crippen LogP contribution in [0.15, 0.2) is 30.3 Å². The molecule has 2 heterocycles. The highest BCUT2D eigenvalue weighted by Gasteiger charge is 2.57. The fourth-order valence-corrected chi connectivity index (χ4v) is 4.96. The quantitative estimate of drug-likeness (QED) is 0.296. The van der Waals surface area contributed by atoms with Crippen molar-refractivity contribution >= 4 is 0 Å². The molecule has 0 aromatic heterocycles. The highest BCUT2D eigenvalue weighted by atomic mass is 16.8. The molecular formula is C28H47NO5. The Kier molecular flexibility index (Phi) is 11.8. The van der Waals surface area contributed by atoms with E-state index < -0.39 is 18.2 Å². The first kappa shape index (κ1) is 27.6. The van der Waals surface area contributed by atoms with Crippen LogP contribution in [-0.4, -0.2) is 54.8 Å². The summed E-state index contributed by atoms with van der Waals surface area (Å²) in [5.41, 5.74) is 1.22. The average molecular weight is 478 g/mol. The molecule has 2 fully saturated rings. The summed E-state index contributed by atoms with van der Waals surface area (Å²) in [4.78, 5) is 0. The van der Waals surface area contributed by atoms with Crippen molar-refractivity contribution in [3.05, 3.63) is 35.9 Å². The lowest BCUT2D eigenvalue weighted by Gasteiger charge is -2.29. The van der Waals surface area contributed by atoms with Crippen LogP contribution in [0.4, 0.5) is 0 Å². The molecule has 1 aromatic carbocycles. The summed E-state index contributed by atoms with van der Waals surface area (Å²) in [5.74, 6) is -0.725. The number of fused-ring (bicyclic) bond motifs is 1. The second kappa shape index (κ2) is 14.5. The van der Waals surface area contributed by atoms with Gasteiger partial charge in [-0.25, -0.2) is 0 Å². The standard InChI is InChI=1S/C28H47NO5/c1-4-5-6-7-8-9-10-11-12-16-19-31-23(21-29-20-22-17-14-13-15-18-22)24-25-26(27(30)32-24)34-28(2,3)33-25/h13-15,17-18,23-27,29-30H,4-12,16,19-21H2,1-3H3/t23-,24-,25+,26+,27+/m1/s1. The van der Waals surface area contributed by atoms with Crippen LogP contribution in [0, 0.1) is 0 Å². The average Bonchev–Trinajstić information content (AvgIpc) is 3.30. The fraction of sp³-hybridized carbons (Fsp3) is 0.786. The van der Waals surface area contributed by atoms with Crippen molar-refractivity contribution in [1.29, 1.82) is 0 Å². The third-order valence-electron chi connectivity index (χ3n) is 6.78. The van der Waals surface area contributed by atoms with Crippen LogP contribution in [0.5, 0.6) is 0 Å². The summed E-state index contributed by atoms with van der Waals surface area (Å²) in [6.45, 7) is 8.08. The van der Waals surface area contributed by atoms with Crippen molar-refractivity contribution in [1.82, 2.24) is 5.32 Å². The van der Waals surface area contributed by atoms with Crippen LogP contribution in [0.25, 0.3) is 0 Å². The maximum atomic E-state index is 10.4. The maximum absolute atomic E-state index is 10.4. The lowest BCUT2D eigenvalue weighted by Crippen LogP contribution is -2.45. The maximum Gasteiger partial charge on any atom is 0.184 e. The summed E-state index contributed by atoms with van der Waals surface area (Å²) in [6.07, 6.45) is 10.6. The minimum atomic E-state index is -0.991. The minimum Gasteiger partial charge on any atom is -0.374 e. The smallest absolute Gasteiger partial charge is 0.184 e. The van der Waals surface area contributed by atoms with Gasteiger partial charge in [0.1, 0.15) is 18.3 Å². The molecule has 2 aliphatic heterocycles. The van der Waals surface area contributed by atoms with Crippen molar-refractivity contribution < 1.29 is 24.1 Å². The SMILES string of the molecule is CCCCCCCCCCCCO[C@H](CNCc1ccccc1)[C@H]1O[C@H](O)[C@H]2OC(C)(C)O[C@H]21. The topological polar surface area (TPSA) is 69.2 Å². The Hall–Kier alpha value is -1.02. The molecule has 5 atom stereocenters. The summed E-state index contributed by atoms with van der Waals surface area (Å²) in [7, 11) is 0. The Morgan fingerprint density at radius 3 is 2.21 bits per heavy atom. The number of unbranched alkanes of at least 4 members (excludes halogenated alkanes) is 9. The van der Waals surface area contributed by atoms with Gasteiger partial charge in [-0.1, -0.05) is 95.0 Å². The molecule has 0 saturated carbocycles. The Morgan fingerprint density at radius 2 is 1.53 bits per heavy atom. The molecule has 34 heavy (non-hydrogen) atoms. The normalized spacial score (nSPS) is 26.6. The molecule has 0 bridgehead atoms. The first-order valence-corrected chi connectivity index (χ1v) is 13.6. The first-order valence-electron chi connectivity index (χ1n) is 13.6. The molecule has 0 unspecified atom stereocenters. The van der Waals surface area contributed by atoms with Crippen molar-refractivity contribution in [2.45, 2.75) is 128 Å². The van der Waals surface area contributed by atoms with E-state index in [-0.39, 0.29) is 18.3 Å². The van der Waals surface area contributed by atoms with Gasteiger partial charge in [0.25, 0.3) is 0 Å².